The highest BCUT2D eigenvalue weighted by Gasteiger charge is 2.84. The summed E-state index contributed by atoms with van der Waals surface area (Å²) in [6.07, 6.45) is 12.5. The first kappa shape index (κ1) is 19.5. The van der Waals surface area contributed by atoms with Gasteiger partial charge in [0.05, 0.1) is 16.4 Å². The molecule has 32 heavy (non-hydrogen) atoms. The molecular weight excluding hydrogens is 464 g/mol. The van der Waals surface area contributed by atoms with E-state index in [0.717, 1.165) is 45.4 Å². The number of hydrogen-bond donors (Lipinski definition) is 1. The molecule has 0 bridgehead atoms. The fourth-order valence-corrected chi connectivity index (χ4v) is 7.61. The normalized spacial score (nSPS) is 35.5. The minimum atomic E-state index is 0.477. The topological polar surface area (TPSA) is 58.4 Å². The number of anilines is 1. The Kier molecular flexibility index (Phi) is 4.12. The molecule has 3 unspecified atom stereocenters. The molecular formula is C25H29BrN6. The van der Waals surface area contributed by atoms with Crippen LogP contribution in [0.5, 0.6) is 0 Å². The van der Waals surface area contributed by atoms with Crippen LogP contribution in [0, 0.1) is 16.7 Å². The predicted octanol–water partition coefficient (Wildman–Crippen LogP) is 4.87. The highest BCUT2D eigenvalue weighted by atomic mass is 79.9. The quantitative estimate of drug-likeness (QED) is 0.550. The van der Waals surface area contributed by atoms with Gasteiger partial charge in [0.25, 0.3) is 0 Å². The Labute approximate surface area is 196 Å². The highest BCUT2D eigenvalue weighted by Crippen LogP contribution is 2.89. The molecule has 7 rings (SSSR count). The third-order valence-electron chi connectivity index (χ3n) is 9.13. The van der Waals surface area contributed by atoms with Crippen molar-refractivity contribution in [2.45, 2.75) is 57.5 Å². The molecule has 0 radical (unpaired) electrons. The molecule has 1 spiro atoms. The summed E-state index contributed by atoms with van der Waals surface area (Å²) >= 11 is 3.66. The van der Waals surface area contributed by atoms with Gasteiger partial charge in [-0.1, -0.05) is 13.0 Å². The van der Waals surface area contributed by atoms with Gasteiger partial charge in [-0.05, 0) is 83.0 Å². The fourth-order valence-electron chi connectivity index (χ4n) is 7.26. The van der Waals surface area contributed by atoms with E-state index in [4.69, 9.17) is 4.98 Å². The molecule has 0 amide bonds. The van der Waals surface area contributed by atoms with Crippen molar-refractivity contribution in [1.29, 1.82) is 0 Å². The number of hydrogen-bond acceptors (Lipinski definition) is 5. The van der Waals surface area contributed by atoms with Crippen LogP contribution in [0.3, 0.4) is 0 Å². The van der Waals surface area contributed by atoms with E-state index >= 15 is 0 Å². The van der Waals surface area contributed by atoms with E-state index in [2.05, 4.69) is 55.3 Å². The first-order valence-electron chi connectivity index (χ1n) is 12.0. The molecule has 7 heteroatoms. The summed E-state index contributed by atoms with van der Waals surface area (Å²) in [6.45, 7) is 5.68. The van der Waals surface area contributed by atoms with E-state index in [-0.39, 0.29) is 0 Å². The Morgan fingerprint density at radius 3 is 3.03 bits per heavy atom. The molecule has 4 aliphatic rings. The molecule has 3 aromatic rings. The van der Waals surface area contributed by atoms with Gasteiger partial charge in [-0.25, -0.2) is 4.98 Å². The van der Waals surface area contributed by atoms with Crippen molar-refractivity contribution < 1.29 is 0 Å². The number of aromatic nitrogens is 4. The van der Waals surface area contributed by atoms with E-state index in [1.165, 1.54) is 44.3 Å². The lowest BCUT2D eigenvalue weighted by Gasteiger charge is -2.40. The van der Waals surface area contributed by atoms with Crippen LogP contribution >= 0.6 is 15.9 Å². The van der Waals surface area contributed by atoms with Crippen LogP contribution in [0.2, 0.25) is 0 Å². The van der Waals surface area contributed by atoms with Crippen molar-refractivity contribution in [1.82, 2.24) is 24.5 Å². The van der Waals surface area contributed by atoms with Gasteiger partial charge in [-0.2, -0.15) is 9.61 Å². The van der Waals surface area contributed by atoms with Gasteiger partial charge in [0.15, 0.2) is 5.65 Å². The van der Waals surface area contributed by atoms with E-state index in [9.17, 15) is 0 Å². The SMILES string of the molecule is C[C@]12CC13C[C@H]3CC2N1CCCC(c2cc(NCc3cccnc3)n3ncc(Br)c3n2)C1. The Bertz CT molecular complexity index is 1190. The second-order valence-electron chi connectivity index (χ2n) is 10.7. The number of likely N-dealkylation sites (tertiary alicyclic amines) is 1. The lowest BCUT2D eigenvalue weighted by Crippen LogP contribution is -2.45. The average molecular weight is 493 g/mol. The molecule has 3 saturated carbocycles. The van der Waals surface area contributed by atoms with Gasteiger partial charge < -0.3 is 5.32 Å². The lowest BCUT2D eigenvalue weighted by molar-refractivity contribution is 0.0983. The van der Waals surface area contributed by atoms with Crippen molar-refractivity contribution in [3.05, 3.63) is 52.5 Å². The monoisotopic (exact) mass is 492 g/mol. The fraction of sp³-hybridized carbons (Fsp3) is 0.560. The number of nitrogens with one attached hydrogen (secondary N) is 1. The summed E-state index contributed by atoms with van der Waals surface area (Å²) in [5, 5.41) is 8.13. The van der Waals surface area contributed by atoms with Crippen molar-refractivity contribution in [2.75, 3.05) is 18.4 Å². The Hall–Kier alpha value is -1.99. The van der Waals surface area contributed by atoms with Crippen LogP contribution < -0.4 is 5.32 Å². The Balaban J connectivity index is 1.16. The summed E-state index contributed by atoms with van der Waals surface area (Å²) < 4.78 is 2.85. The van der Waals surface area contributed by atoms with Crippen LogP contribution in [0.15, 0.2) is 41.3 Å². The third kappa shape index (κ3) is 2.76. The Morgan fingerprint density at radius 1 is 1.31 bits per heavy atom. The minimum Gasteiger partial charge on any atom is -0.366 e. The number of rotatable bonds is 5. The zero-order valence-corrected chi connectivity index (χ0v) is 20.1. The summed E-state index contributed by atoms with van der Waals surface area (Å²) in [4.78, 5) is 12.1. The van der Waals surface area contributed by atoms with Crippen LogP contribution in [-0.4, -0.2) is 43.6 Å². The number of nitrogens with zero attached hydrogens (tertiary/aromatic N) is 5. The maximum atomic E-state index is 5.08. The molecule has 1 saturated heterocycles. The second-order valence-corrected chi connectivity index (χ2v) is 11.6. The summed E-state index contributed by atoms with van der Waals surface area (Å²) in [7, 11) is 0. The first-order valence-corrected chi connectivity index (χ1v) is 12.8. The number of pyridine rings is 1. The van der Waals surface area contributed by atoms with Crippen molar-refractivity contribution in [2.24, 2.45) is 16.7 Å². The molecule has 3 aromatic heterocycles. The van der Waals surface area contributed by atoms with Gasteiger partial charge in [0.1, 0.15) is 5.82 Å². The van der Waals surface area contributed by atoms with Gasteiger partial charge in [0.2, 0.25) is 0 Å². The maximum Gasteiger partial charge on any atom is 0.171 e. The molecule has 4 fully saturated rings. The number of piperidine rings is 1. The predicted molar refractivity (Wildman–Crippen MR) is 127 cm³/mol. The smallest absolute Gasteiger partial charge is 0.171 e. The zero-order chi connectivity index (χ0) is 21.5. The second kappa shape index (κ2) is 6.76. The Morgan fingerprint density at radius 2 is 2.25 bits per heavy atom. The molecule has 1 aliphatic heterocycles. The van der Waals surface area contributed by atoms with Gasteiger partial charge in [0, 0.05) is 43.5 Å². The van der Waals surface area contributed by atoms with Crippen LogP contribution in [0.1, 0.15) is 56.2 Å². The largest absolute Gasteiger partial charge is 0.366 e. The standard InChI is InChI=1S/C25H29BrN6/c1-24-15-25(24)10-18(25)8-21(24)31-7-3-5-17(14-31)20-9-22(28-12-16-4-2-6-27-11-16)32-23(30-20)19(26)13-29-32/h2,4,6,9,11,13,17-18,21,28H,3,5,7-8,10,12,14-15H2,1H3/t17?,18-,21?,24-,25?/m1/s1. The highest BCUT2D eigenvalue weighted by molar-refractivity contribution is 9.10. The zero-order valence-electron chi connectivity index (χ0n) is 18.5. The van der Waals surface area contributed by atoms with E-state index in [0.29, 0.717) is 17.9 Å². The van der Waals surface area contributed by atoms with Crippen LogP contribution in [0.25, 0.3) is 5.65 Å². The molecule has 3 aliphatic carbocycles. The molecule has 166 valence electrons. The molecule has 1 N–H and O–H groups in total. The maximum absolute atomic E-state index is 5.08. The van der Waals surface area contributed by atoms with Crippen molar-refractivity contribution in [3.8, 4) is 0 Å². The minimum absolute atomic E-state index is 0.477. The van der Waals surface area contributed by atoms with E-state index in [1.54, 1.807) is 0 Å². The molecule has 4 heterocycles. The number of halogens is 1. The van der Waals surface area contributed by atoms with Gasteiger partial charge in [-0.3, -0.25) is 9.88 Å². The van der Waals surface area contributed by atoms with E-state index in [1.807, 2.05) is 29.2 Å². The van der Waals surface area contributed by atoms with Crippen molar-refractivity contribution >= 4 is 27.4 Å². The van der Waals surface area contributed by atoms with Gasteiger partial charge in [-0.15, -0.1) is 0 Å². The molecule has 6 nitrogen and oxygen atoms in total. The first-order chi connectivity index (χ1) is 15.6. The van der Waals surface area contributed by atoms with Crippen molar-refractivity contribution in [3.63, 3.8) is 0 Å². The van der Waals surface area contributed by atoms with Crippen LogP contribution in [-0.2, 0) is 6.54 Å². The number of fused-ring (bicyclic) bond motifs is 1. The summed E-state index contributed by atoms with van der Waals surface area (Å²) in [5.74, 6) is 2.50. The lowest BCUT2D eigenvalue weighted by atomic mass is 9.88. The third-order valence-corrected chi connectivity index (χ3v) is 9.69. The summed E-state index contributed by atoms with van der Waals surface area (Å²) in [5.41, 5.74) is 4.59. The molecule has 5 atom stereocenters. The summed E-state index contributed by atoms with van der Waals surface area (Å²) in [6, 6.07) is 7.08. The van der Waals surface area contributed by atoms with Gasteiger partial charge >= 0.3 is 0 Å². The molecule has 0 aromatic carbocycles. The van der Waals surface area contributed by atoms with Crippen LogP contribution in [0.4, 0.5) is 5.82 Å². The average Bonchev–Trinajstić information content (AvgIpc) is 3.61. The van der Waals surface area contributed by atoms with E-state index < -0.39 is 0 Å².